The van der Waals surface area contributed by atoms with Gasteiger partial charge in [-0.1, -0.05) is 0 Å². The quantitative estimate of drug-likeness (QED) is 0.466. The van der Waals surface area contributed by atoms with Gasteiger partial charge in [0.05, 0.1) is 11.3 Å². The molecule has 0 bridgehead atoms. The van der Waals surface area contributed by atoms with Crippen molar-refractivity contribution in [2.24, 2.45) is 0 Å². The van der Waals surface area contributed by atoms with Crippen molar-refractivity contribution in [3.8, 4) is 0 Å². The van der Waals surface area contributed by atoms with Gasteiger partial charge in [-0.2, -0.15) is 0 Å². The minimum atomic E-state index is -0.525. The Morgan fingerprint density at radius 3 is 2.78 bits per heavy atom. The van der Waals surface area contributed by atoms with Gasteiger partial charge in [0.1, 0.15) is 12.4 Å². The van der Waals surface area contributed by atoms with Gasteiger partial charge in [-0.15, -0.1) is 0 Å². The van der Waals surface area contributed by atoms with Crippen LogP contribution in [-0.2, 0) is 6.54 Å². The smallest absolute Gasteiger partial charge is 0.305 e. The summed E-state index contributed by atoms with van der Waals surface area (Å²) in [5.41, 5.74) is -0.112. The number of rotatable bonds is 6. The fraction of sp³-hybridized carbons (Fsp3) is 0.300. The number of imidazole rings is 1. The standard InChI is InChI=1S/C10H12N6O2/c17-16(18)9-6-13-10(14-7-9)12-2-1-4-15-5-3-11-8-15/h3,5-8H,1-2,4H2,(H,12,13,14). The van der Waals surface area contributed by atoms with Gasteiger partial charge >= 0.3 is 5.69 Å². The van der Waals surface area contributed by atoms with Crippen LogP contribution in [0, 0.1) is 10.1 Å². The van der Waals surface area contributed by atoms with Crippen molar-refractivity contribution in [3.05, 3.63) is 41.2 Å². The van der Waals surface area contributed by atoms with E-state index in [4.69, 9.17) is 0 Å². The average Bonchev–Trinajstić information content (AvgIpc) is 2.88. The van der Waals surface area contributed by atoms with Crippen LogP contribution in [0.15, 0.2) is 31.1 Å². The normalized spacial score (nSPS) is 10.2. The lowest BCUT2D eigenvalue weighted by molar-refractivity contribution is -0.385. The van der Waals surface area contributed by atoms with E-state index < -0.39 is 4.92 Å². The number of nitrogens with one attached hydrogen (secondary N) is 1. The van der Waals surface area contributed by atoms with Crippen molar-refractivity contribution in [2.75, 3.05) is 11.9 Å². The molecule has 0 aliphatic rings. The Hall–Kier alpha value is -2.51. The van der Waals surface area contributed by atoms with E-state index in [1.807, 2.05) is 10.8 Å². The Balaban J connectivity index is 1.75. The van der Waals surface area contributed by atoms with Crippen LogP contribution in [0.1, 0.15) is 6.42 Å². The van der Waals surface area contributed by atoms with Crippen molar-refractivity contribution < 1.29 is 4.92 Å². The number of anilines is 1. The highest BCUT2D eigenvalue weighted by Gasteiger charge is 2.05. The van der Waals surface area contributed by atoms with Crippen molar-refractivity contribution in [1.82, 2.24) is 19.5 Å². The zero-order valence-corrected chi connectivity index (χ0v) is 9.56. The van der Waals surface area contributed by atoms with Crippen LogP contribution in [0.25, 0.3) is 0 Å². The van der Waals surface area contributed by atoms with Gasteiger partial charge < -0.3 is 9.88 Å². The number of nitrogens with zero attached hydrogens (tertiary/aromatic N) is 5. The lowest BCUT2D eigenvalue weighted by Gasteiger charge is -2.04. The Morgan fingerprint density at radius 2 is 2.17 bits per heavy atom. The van der Waals surface area contributed by atoms with Gasteiger partial charge in [-0.05, 0) is 6.42 Å². The molecule has 2 aromatic heterocycles. The zero-order chi connectivity index (χ0) is 12.8. The maximum absolute atomic E-state index is 10.4. The fourth-order valence-corrected chi connectivity index (χ4v) is 1.39. The van der Waals surface area contributed by atoms with Crippen molar-refractivity contribution in [3.63, 3.8) is 0 Å². The van der Waals surface area contributed by atoms with Gasteiger partial charge in [0, 0.05) is 25.5 Å². The molecule has 0 spiro atoms. The van der Waals surface area contributed by atoms with E-state index in [1.165, 1.54) is 12.4 Å². The second-order valence-corrected chi connectivity index (χ2v) is 3.60. The first-order chi connectivity index (χ1) is 8.75. The molecular formula is C10H12N6O2. The lowest BCUT2D eigenvalue weighted by atomic mass is 10.4. The third-order valence-corrected chi connectivity index (χ3v) is 2.28. The third kappa shape index (κ3) is 3.24. The lowest BCUT2D eigenvalue weighted by Crippen LogP contribution is -2.08. The first-order valence-electron chi connectivity index (χ1n) is 5.42. The topological polar surface area (TPSA) is 98.8 Å². The van der Waals surface area contributed by atoms with E-state index in [0.717, 1.165) is 13.0 Å². The second-order valence-electron chi connectivity index (χ2n) is 3.60. The molecule has 0 aromatic carbocycles. The maximum atomic E-state index is 10.4. The molecule has 0 atom stereocenters. The van der Waals surface area contributed by atoms with Gasteiger partial charge in [-0.25, -0.2) is 15.0 Å². The molecule has 2 aromatic rings. The summed E-state index contributed by atoms with van der Waals surface area (Å²) < 4.78 is 1.97. The number of aryl methyl sites for hydroxylation is 1. The first-order valence-corrected chi connectivity index (χ1v) is 5.42. The van der Waals surface area contributed by atoms with Gasteiger partial charge in [0.2, 0.25) is 5.95 Å². The zero-order valence-electron chi connectivity index (χ0n) is 9.56. The summed E-state index contributed by atoms with van der Waals surface area (Å²) >= 11 is 0. The van der Waals surface area contributed by atoms with Crippen LogP contribution in [0.2, 0.25) is 0 Å². The number of nitro groups is 1. The van der Waals surface area contributed by atoms with Crippen LogP contribution < -0.4 is 5.32 Å². The number of hydrogen-bond donors (Lipinski definition) is 1. The van der Waals surface area contributed by atoms with Crippen molar-refractivity contribution >= 4 is 11.6 Å². The summed E-state index contributed by atoms with van der Waals surface area (Å²) in [7, 11) is 0. The molecule has 1 N–H and O–H groups in total. The fourth-order valence-electron chi connectivity index (χ4n) is 1.39. The van der Waals surface area contributed by atoms with Crippen LogP contribution in [-0.4, -0.2) is 31.0 Å². The SMILES string of the molecule is O=[N+]([O-])c1cnc(NCCCn2ccnc2)nc1. The minimum absolute atomic E-state index is 0.112. The van der Waals surface area contributed by atoms with Crippen LogP contribution in [0.5, 0.6) is 0 Å². The summed E-state index contributed by atoms with van der Waals surface area (Å²) in [6.07, 6.45) is 8.63. The highest BCUT2D eigenvalue weighted by atomic mass is 16.6. The average molecular weight is 248 g/mol. The summed E-state index contributed by atoms with van der Waals surface area (Å²) in [5, 5.41) is 13.4. The summed E-state index contributed by atoms with van der Waals surface area (Å²) in [6.45, 7) is 1.54. The van der Waals surface area contributed by atoms with Gasteiger partial charge in [0.25, 0.3) is 0 Å². The van der Waals surface area contributed by atoms with Crippen molar-refractivity contribution in [1.29, 1.82) is 0 Å². The van der Waals surface area contributed by atoms with Crippen LogP contribution >= 0.6 is 0 Å². The Kier molecular flexibility index (Phi) is 3.79. The van der Waals surface area contributed by atoms with E-state index in [2.05, 4.69) is 20.3 Å². The summed E-state index contributed by atoms with van der Waals surface area (Å²) in [4.78, 5) is 21.5. The number of aromatic nitrogens is 4. The predicted molar refractivity (Wildman–Crippen MR) is 64.0 cm³/mol. The minimum Gasteiger partial charge on any atom is -0.354 e. The Morgan fingerprint density at radius 1 is 1.39 bits per heavy atom. The molecule has 0 saturated carbocycles. The van der Waals surface area contributed by atoms with Crippen LogP contribution in [0.4, 0.5) is 11.6 Å². The molecule has 18 heavy (non-hydrogen) atoms. The van der Waals surface area contributed by atoms with E-state index in [-0.39, 0.29) is 5.69 Å². The van der Waals surface area contributed by atoms with E-state index in [9.17, 15) is 10.1 Å². The van der Waals surface area contributed by atoms with E-state index in [0.29, 0.717) is 12.5 Å². The molecule has 2 heterocycles. The molecule has 8 heteroatoms. The summed E-state index contributed by atoms with van der Waals surface area (Å²) in [6, 6.07) is 0. The molecule has 2 rings (SSSR count). The highest BCUT2D eigenvalue weighted by Crippen LogP contribution is 2.07. The van der Waals surface area contributed by atoms with Gasteiger partial charge in [-0.3, -0.25) is 10.1 Å². The van der Waals surface area contributed by atoms with E-state index in [1.54, 1.807) is 12.5 Å². The molecule has 8 nitrogen and oxygen atoms in total. The molecule has 0 aliphatic carbocycles. The van der Waals surface area contributed by atoms with E-state index >= 15 is 0 Å². The molecule has 94 valence electrons. The predicted octanol–water partition coefficient (Wildman–Crippen LogP) is 1.08. The first kappa shape index (κ1) is 12.0. The third-order valence-electron chi connectivity index (χ3n) is 2.28. The molecule has 0 radical (unpaired) electrons. The molecule has 0 amide bonds. The maximum Gasteiger partial charge on any atom is 0.305 e. The monoisotopic (exact) mass is 248 g/mol. The highest BCUT2D eigenvalue weighted by molar-refractivity contribution is 5.30. The Labute approximate surface area is 103 Å². The van der Waals surface area contributed by atoms with Crippen LogP contribution in [0.3, 0.4) is 0 Å². The summed E-state index contributed by atoms with van der Waals surface area (Å²) in [5.74, 6) is 0.395. The molecule has 0 saturated heterocycles. The molecular weight excluding hydrogens is 236 g/mol. The van der Waals surface area contributed by atoms with Crippen molar-refractivity contribution in [2.45, 2.75) is 13.0 Å². The molecule has 0 unspecified atom stereocenters. The van der Waals surface area contributed by atoms with Gasteiger partial charge in [0.15, 0.2) is 0 Å². The number of hydrogen-bond acceptors (Lipinski definition) is 6. The second kappa shape index (κ2) is 5.71. The molecule has 0 fully saturated rings. The molecule has 0 aliphatic heterocycles. The largest absolute Gasteiger partial charge is 0.354 e. The Bertz CT molecular complexity index is 496.